The summed E-state index contributed by atoms with van der Waals surface area (Å²) < 4.78 is 25.1. The summed E-state index contributed by atoms with van der Waals surface area (Å²) in [5, 5.41) is 10.8. The zero-order valence-corrected chi connectivity index (χ0v) is 16.5. The molecule has 28 heavy (non-hydrogen) atoms. The minimum absolute atomic E-state index is 0.0155. The van der Waals surface area contributed by atoms with Gasteiger partial charge in [-0.05, 0) is 25.0 Å². The second kappa shape index (κ2) is 7.90. The number of halogens is 2. The van der Waals surface area contributed by atoms with E-state index in [0.29, 0.717) is 10.7 Å². The highest BCUT2D eigenvalue weighted by atomic mass is 35.5. The summed E-state index contributed by atoms with van der Waals surface area (Å²) in [5.74, 6) is -0.419. The Labute approximate surface area is 170 Å². The molecule has 0 spiro atoms. The van der Waals surface area contributed by atoms with E-state index in [1.165, 1.54) is 16.9 Å². The first kappa shape index (κ1) is 20.3. The molecule has 2 aromatic rings. The molecule has 1 saturated carbocycles. The van der Waals surface area contributed by atoms with E-state index in [1.807, 2.05) is 0 Å². The van der Waals surface area contributed by atoms with Crippen LogP contribution < -0.4 is 10.0 Å². The quantitative estimate of drug-likeness (QED) is 0.601. The van der Waals surface area contributed by atoms with Crippen LogP contribution in [-0.2, 0) is 10.0 Å². The standard InChI is InChI=1S/C16H14Cl2N4O5S/c17-11-7-10(14(18)21-13(11)8-2-1-3-8)15(23)20-9-4-5-19-12(6-9)28(26,27)22-16(24)25/h4-8,22H,1-3H2,(H,24,25)(H,19,20,23). The normalized spacial score (nSPS) is 14.2. The molecule has 2 heterocycles. The van der Waals surface area contributed by atoms with Crippen molar-refractivity contribution in [2.75, 3.05) is 5.32 Å². The van der Waals surface area contributed by atoms with Crippen LogP contribution in [0.25, 0.3) is 0 Å². The molecule has 0 atom stereocenters. The van der Waals surface area contributed by atoms with Gasteiger partial charge in [0.1, 0.15) is 5.15 Å². The van der Waals surface area contributed by atoms with Gasteiger partial charge < -0.3 is 10.4 Å². The molecule has 3 N–H and O–H groups in total. The van der Waals surface area contributed by atoms with Crippen LogP contribution in [0.3, 0.4) is 0 Å². The van der Waals surface area contributed by atoms with Gasteiger partial charge in [-0.1, -0.05) is 29.6 Å². The summed E-state index contributed by atoms with van der Waals surface area (Å²) in [6, 6.07) is 3.77. The number of hydrogen-bond donors (Lipinski definition) is 3. The Morgan fingerprint density at radius 3 is 2.54 bits per heavy atom. The van der Waals surface area contributed by atoms with E-state index >= 15 is 0 Å². The van der Waals surface area contributed by atoms with E-state index in [4.69, 9.17) is 28.3 Å². The topological polar surface area (TPSA) is 138 Å². The fraction of sp³-hybridized carbons (Fsp3) is 0.250. The number of carbonyl (C=O) groups is 2. The highest BCUT2D eigenvalue weighted by molar-refractivity contribution is 7.90. The fourth-order valence-electron chi connectivity index (χ4n) is 2.61. The lowest BCUT2D eigenvalue weighted by Gasteiger charge is -2.26. The van der Waals surface area contributed by atoms with Gasteiger partial charge in [0.15, 0.2) is 5.03 Å². The Kier molecular flexibility index (Phi) is 5.73. The van der Waals surface area contributed by atoms with Crippen LogP contribution in [-0.4, -0.2) is 35.5 Å². The number of nitrogens with zero attached hydrogens (tertiary/aromatic N) is 2. The number of aromatic nitrogens is 2. The molecule has 3 rings (SSSR count). The molecule has 0 unspecified atom stereocenters. The molecule has 0 aliphatic heterocycles. The minimum atomic E-state index is -4.38. The van der Waals surface area contributed by atoms with E-state index in [9.17, 15) is 18.0 Å². The van der Waals surface area contributed by atoms with E-state index in [-0.39, 0.29) is 22.3 Å². The van der Waals surface area contributed by atoms with Crippen LogP contribution in [0.4, 0.5) is 10.5 Å². The van der Waals surface area contributed by atoms with Gasteiger partial charge in [0.25, 0.3) is 15.9 Å². The van der Waals surface area contributed by atoms with E-state index in [2.05, 4.69) is 15.3 Å². The SMILES string of the molecule is O=C(O)NS(=O)(=O)c1cc(NC(=O)c2cc(Cl)c(C3CCC3)nc2Cl)ccn1. The molecule has 0 radical (unpaired) electrons. The fourth-order valence-corrected chi connectivity index (χ4v) is 3.96. The number of hydrogen-bond acceptors (Lipinski definition) is 6. The molecule has 1 fully saturated rings. The van der Waals surface area contributed by atoms with Crippen LogP contribution in [0, 0.1) is 0 Å². The van der Waals surface area contributed by atoms with Crippen molar-refractivity contribution in [3.8, 4) is 0 Å². The molecule has 1 aliphatic rings. The molecule has 0 saturated heterocycles. The average Bonchev–Trinajstić information content (AvgIpc) is 2.55. The average molecular weight is 445 g/mol. The lowest BCUT2D eigenvalue weighted by atomic mass is 9.82. The monoisotopic (exact) mass is 444 g/mol. The van der Waals surface area contributed by atoms with E-state index in [1.54, 1.807) is 0 Å². The second-order valence-electron chi connectivity index (χ2n) is 6.07. The van der Waals surface area contributed by atoms with Gasteiger partial charge in [0, 0.05) is 23.9 Å². The lowest BCUT2D eigenvalue weighted by molar-refractivity contribution is 0.102. The zero-order valence-electron chi connectivity index (χ0n) is 14.1. The van der Waals surface area contributed by atoms with Crippen molar-refractivity contribution in [3.05, 3.63) is 45.8 Å². The third-order valence-electron chi connectivity index (χ3n) is 4.18. The highest BCUT2D eigenvalue weighted by Crippen LogP contribution is 2.39. The van der Waals surface area contributed by atoms with Crippen LogP contribution in [0.15, 0.2) is 29.4 Å². The predicted octanol–water partition coefficient (Wildman–Crippen LogP) is 3.26. The number of carbonyl (C=O) groups excluding carboxylic acids is 1. The number of nitrogens with one attached hydrogen (secondary N) is 2. The number of carboxylic acid groups (broad SMARTS) is 1. The summed E-state index contributed by atoms with van der Waals surface area (Å²) in [6.07, 6.45) is 2.38. The van der Waals surface area contributed by atoms with E-state index in [0.717, 1.165) is 31.5 Å². The summed E-state index contributed by atoms with van der Waals surface area (Å²) in [5.41, 5.74) is 0.757. The Bertz CT molecular complexity index is 1060. The molecule has 9 nitrogen and oxygen atoms in total. The number of anilines is 1. The molecule has 1 aliphatic carbocycles. The number of rotatable bonds is 5. The van der Waals surface area contributed by atoms with Crippen LogP contribution in [0.2, 0.25) is 10.2 Å². The van der Waals surface area contributed by atoms with Gasteiger partial charge in [-0.15, -0.1) is 0 Å². The summed E-state index contributed by atoms with van der Waals surface area (Å²) >= 11 is 12.4. The van der Waals surface area contributed by atoms with Crippen molar-refractivity contribution in [2.24, 2.45) is 0 Å². The Morgan fingerprint density at radius 1 is 1.21 bits per heavy atom. The van der Waals surface area contributed by atoms with Crippen LogP contribution >= 0.6 is 23.2 Å². The van der Waals surface area contributed by atoms with Gasteiger partial charge in [-0.3, -0.25) is 4.79 Å². The predicted molar refractivity (Wildman–Crippen MR) is 101 cm³/mol. The van der Waals surface area contributed by atoms with Gasteiger partial charge in [-0.2, -0.15) is 8.42 Å². The minimum Gasteiger partial charge on any atom is -0.464 e. The first-order valence-corrected chi connectivity index (χ1v) is 10.3. The molecule has 2 aromatic heterocycles. The maximum atomic E-state index is 12.5. The first-order chi connectivity index (χ1) is 13.2. The molecule has 0 aromatic carbocycles. The molecule has 2 amide bonds. The van der Waals surface area contributed by atoms with Gasteiger partial charge in [-0.25, -0.2) is 19.5 Å². The van der Waals surface area contributed by atoms with E-state index < -0.39 is 27.0 Å². The molecule has 12 heteroatoms. The molecular weight excluding hydrogens is 431 g/mol. The first-order valence-electron chi connectivity index (χ1n) is 8.06. The molecule has 0 bridgehead atoms. The smallest absolute Gasteiger partial charge is 0.418 e. The van der Waals surface area contributed by atoms with Crippen molar-refractivity contribution in [1.82, 2.24) is 14.7 Å². The van der Waals surface area contributed by atoms with Crippen molar-refractivity contribution in [1.29, 1.82) is 0 Å². The van der Waals surface area contributed by atoms with Crippen LogP contribution in [0.5, 0.6) is 0 Å². The second-order valence-corrected chi connectivity index (χ2v) is 8.46. The molecule has 148 valence electrons. The zero-order chi connectivity index (χ0) is 20.5. The lowest BCUT2D eigenvalue weighted by Crippen LogP contribution is -2.29. The summed E-state index contributed by atoms with van der Waals surface area (Å²) in [4.78, 5) is 30.9. The number of amides is 2. The van der Waals surface area contributed by atoms with Crippen LogP contribution in [0.1, 0.15) is 41.2 Å². The largest absolute Gasteiger partial charge is 0.464 e. The van der Waals surface area contributed by atoms with Crippen molar-refractivity contribution in [3.63, 3.8) is 0 Å². The maximum absolute atomic E-state index is 12.5. The third kappa shape index (κ3) is 4.34. The highest BCUT2D eigenvalue weighted by Gasteiger charge is 2.26. The van der Waals surface area contributed by atoms with Crippen molar-refractivity contribution >= 4 is 50.9 Å². The Hall–Kier alpha value is -2.43. The summed E-state index contributed by atoms with van der Waals surface area (Å²) in [7, 11) is -4.38. The maximum Gasteiger partial charge on any atom is 0.418 e. The Balaban J connectivity index is 1.83. The van der Waals surface area contributed by atoms with Gasteiger partial charge in [0.2, 0.25) is 0 Å². The van der Waals surface area contributed by atoms with Gasteiger partial charge >= 0.3 is 6.09 Å². The summed E-state index contributed by atoms with van der Waals surface area (Å²) in [6.45, 7) is 0. The van der Waals surface area contributed by atoms with Crippen molar-refractivity contribution < 1.29 is 23.1 Å². The number of pyridine rings is 2. The van der Waals surface area contributed by atoms with Crippen molar-refractivity contribution in [2.45, 2.75) is 30.2 Å². The van der Waals surface area contributed by atoms with Gasteiger partial charge in [0.05, 0.1) is 16.3 Å². The molecular formula is C16H14Cl2N4O5S. The Morgan fingerprint density at radius 2 is 1.93 bits per heavy atom. The number of sulfonamides is 1. The third-order valence-corrected chi connectivity index (χ3v) is 5.99.